The molecule has 2 heterocycles. The number of methoxy groups -OCH3 is 1. The average molecular weight is 284 g/mol. The monoisotopic (exact) mass is 284 g/mol. The first-order valence-electron chi connectivity index (χ1n) is 6.20. The van der Waals surface area contributed by atoms with E-state index in [0.717, 1.165) is 11.3 Å². The van der Waals surface area contributed by atoms with Crippen LogP contribution in [-0.4, -0.2) is 33.0 Å². The van der Waals surface area contributed by atoms with Crippen molar-refractivity contribution in [1.82, 2.24) is 19.9 Å². The lowest BCUT2D eigenvalue weighted by atomic mass is 10.1. The van der Waals surface area contributed by atoms with Crippen molar-refractivity contribution in [2.75, 3.05) is 7.11 Å². The van der Waals surface area contributed by atoms with Crippen LogP contribution in [0.25, 0.3) is 23.0 Å². The Bertz CT molecular complexity index is 774. The van der Waals surface area contributed by atoms with Gasteiger partial charge in [-0.15, -0.1) is 0 Å². The molecule has 21 heavy (non-hydrogen) atoms. The van der Waals surface area contributed by atoms with Gasteiger partial charge in [0.25, 0.3) is 5.89 Å². The minimum atomic E-state index is -0.384. The molecular formula is C14H12N4O3. The van der Waals surface area contributed by atoms with E-state index in [1.54, 1.807) is 48.3 Å². The molecule has 0 unspecified atom stereocenters. The highest BCUT2D eigenvalue weighted by atomic mass is 16.5. The van der Waals surface area contributed by atoms with Gasteiger partial charge in [0.1, 0.15) is 5.69 Å². The number of nitrogens with zero attached hydrogens (tertiary/aromatic N) is 4. The lowest BCUT2D eigenvalue weighted by Crippen LogP contribution is -2.00. The number of aryl methyl sites for hydroxylation is 1. The number of benzene rings is 1. The zero-order valence-corrected chi connectivity index (χ0v) is 11.5. The van der Waals surface area contributed by atoms with Crippen LogP contribution in [-0.2, 0) is 11.8 Å². The predicted octanol–water partition coefficient (Wildman–Crippen LogP) is 1.92. The topological polar surface area (TPSA) is 83.0 Å². The second-order valence-electron chi connectivity index (χ2n) is 4.33. The molecule has 1 aromatic carbocycles. The van der Waals surface area contributed by atoms with E-state index in [-0.39, 0.29) is 5.97 Å². The lowest BCUT2D eigenvalue weighted by molar-refractivity contribution is 0.0601. The number of ether oxygens (including phenoxy) is 1. The molecule has 0 bridgehead atoms. The molecule has 0 atom stereocenters. The van der Waals surface area contributed by atoms with E-state index in [1.807, 2.05) is 0 Å². The van der Waals surface area contributed by atoms with Gasteiger partial charge in [-0.1, -0.05) is 17.3 Å². The van der Waals surface area contributed by atoms with Crippen LogP contribution in [0.15, 0.2) is 41.1 Å². The van der Waals surface area contributed by atoms with Crippen LogP contribution in [0.5, 0.6) is 0 Å². The van der Waals surface area contributed by atoms with Crippen LogP contribution >= 0.6 is 0 Å². The van der Waals surface area contributed by atoms with Crippen molar-refractivity contribution in [1.29, 1.82) is 0 Å². The van der Waals surface area contributed by atoms with Gasteiger partial charge in [-0.25, -0.2) is 4.79 Å². The van der Waals surface area contributed by atoms with Crippen molar-refractivity contribution in [3.8, 4) is 23.0 Å². The first-order chi connectivity index (χ1) is 10.2. The van der Waals surface area contributed by atoms with Crippen molar-refractivity contribution < 1.29 is 14.1 Å². The maximum absolute atomic E-state index is 11.4. The molecule has 7 nitrogen and oxygen atoms in total. The maximum atomic E-state index is 11.4. The Hall–Kier alpha value is -2.96. The summed E-state index contributed by atoms with van der Waals surface area (Å²) in [5, 5.41) is 7.99. The van der Waals surface area contributed by atoms with E-state index in [9.17, 15) is 4.79 Å². The summed E-state index contributed by atoms with van der Waals surface area (Å²) in [6, 6.07) is 8.58. The Morgan fingerprint density at radius 2 is 2.00 bits per heavy atom. The second-order valence-corrected chi connectivity index (χ2v) is 4.33. The van der Waals surface area contributed by atoms with Gasteiger partial charge in [0.2, 0.25) is 5.82 Å². The molecule has 0 aliphatic carbocycles. The Labute approximate surface area is 120 Å². The summed E-state index contributed by atoms with van der Waals surface area (Å²) in [6.07, 6.45) is 1.66. The summed E-state index contributed by atoms with van der Waals surface area (Å²) in [4.78, 5) is 15.7. The SMILES string of the molecule is COC(=O)c1ccc(-c2noc(-c3ccnn3C)n2)cc1. The van der Waals surface area contributed by atoms with Crippen LogP contribution in [0.1, 0.15) is 10.4 Å². The van der Waals surface area contributed by atoms with E-state index in [2.05, 4.69) is 20.0 Å². The fourth-order valence-electron chi connectivity index (χ4n) is 1.90. The number of carbonyl (C=O) groups excluding carboxylic acids is 1. The first-order valence-corrected chi connectivity index (χ1v) is 6.20. The fraction of sp³-hybridized carbons (Fsp3) is 0.143. The molecule has 106 valence electrons. The Morgan fingerprint density at radius 3 is 2.62 bits per heavy atom. The molecular weight excluding hydrogens is 272 g/mol. The lowest BCUT2D eigenvalue weighted by Gasteiger charge is -1.99. The highest BCUT2D eigenvalue weighted by Gasteiger charge is 2.14. The zero-order valence-electron chi connectivity index (χ0n) is 11.5. The summed E-state index contributed by atoms with van der Waals surface area (Å²) < 4.78 is 11.5. The van der Waals surface area contributed by atoms with Crippen LogP contribution in [0.3, 0.4) is 0 Å². The molecule has 0 aliphatic rings. The normalized spacial score (nSPS) is 10.6. The predicted molar refractivity (Wildman–Crippen MR) is 73.3 cm³/mol. The average Bonchev–Trinajstić information content (AvgIpc) is 3.15. The standard InChI is InChI=1S/C14H12N4O3/c1-18-11(7-8-15-18)13-16-12(17-21-13)9-3-5-10(6-4-9)14(19)20-2/h3-8H,1-2H3. The molecule has 0 fully saturated rings. The smallest absolute Gasteiger partial charge is 0.337 e. The quantitative estimate of drug-likeness (QED) is 0.683. The van der Waals surface area contributed by atoms with E-state index in [0.29, 0.717) is 17.3 Å². The van der Waals surface area contributed by atoms with E-state index >= 15 is 0 Å². The molecule has 0 spiro atoms. The van der Waals surface area contributed by atoms with Crippen molar-refractivity contribution >= 4 is 5.97 Å². The highest BCUT2D eigenvalue weighted by Crippen LogP contribution is 2.21. The van der Waals surface area contributed by atoms with Gasteiger partial charge in [-0.3, -0.25) is 4.68 Å². The first kappa shape index (κ1) is 13.0. The third-order valence-electron chi connectivity index (χ3n) is 3.03. The van der Waals surface area contributed by atoms with Crippen molar-refractivity contribution in [3.63, 3.8) is 0 Å². The number of esters is 1. The van der Waals surface area contributed by atoms with Crippen molar-refractivity contribution in [2.45, 2.75) is 0 Å². The molecule has 2 aromatic heterocycles. The number of carbonyl (C=O) groups is 1. The molecule has 3 rings (SSSR count). The number of hydrogen-bond donors (Lipinski definition) is 0. The minimum Gasteiger partial charge on any atom is -0.465 e. The molecule has 0 aliphatic heterocycles. The molecule has 7 heteroatoms. The van der Waals surface area contributed by atoms with E-state index < -0.39 is 0 Å². The number of hydrogen-bond acceptors (Lipinski definition) is 6. The molecule has 0 amide bonds. The van der Waals surface area contributed by atoms with E-state index in [1.165, 1.54) is 7.11 Å². The van der Waals surface area contributed by atoms with Gasteiger partial charge in [-0.05, 0) is 18.2 Å². The van der Waals surface area contributed by atoms with Gasteiger partial charge in [0.15, 0.2) is 0 Å². The van der Waals surface area contributed by atoms with Crippen LogP contribution < -0.4 is 0 Å². The third-order valence-corrected chi connectivity index (χ3v) is 3.03. The van der Waals surface area contributed by atoms with Crippen molar-refractivity contribution in [3.05, 3.63) is 42.1 Å². The summed E-state index contributed by atoms with van der Waals surface area (Å²) in [6.45, 7) is 0. The van der Waals surface area contributed by atoms with Gasteiger partial charge in [-0.2, -0.15) is 10.1 Å². The van der Waals surface area contributed by atoms with Crippen molar-refractivity contribution in [2.24, 2.45) is 7.05 Å². The Balaban J connectivity index is 1.90. The van der Waals surface area contributed by atoms with Gasteiger partial charge >= 0.3 is 5.97 Å². The Morgan fingerprint density at radius 1 is 1.24 bits per heavy atom. The van der Waals surface area contributed by atoms with Gasteiger partial charge < -0.3 is 9.26 Å². The zero-order chi connectivity index (χ0) is 14.8. The van der Waals surface area contributed by atoms with Crippen LogP contribution in [0.2, 0.25) is 0 Å². The largest absolute Gasteiger partial charge is 0.465 e. The molecule has 0 saturated carbocycles. The second kappa shape index (κ2) is 5.20. The fourth-order valence-corrected chi connectivity index (χ4v) is 1.90. The number of rotatable bonds is 3. The maximum Gasteiger partial charge on any atom is 0.337 e. The summed E-state index contributed by atoms with van der Waals surface area (Å²) in [5.74, 6) is 0.454. The van der Waals surface area contributed by atoms with Crippen LogP contribution in [0.4, 0.5) is 0 Å². The minimum absolute atomic E-state index is 0.384. The van der Waals surface area contributed by atoms with E-state index in [4.69, 9.17) is 4.52 Å². The Kier molecular flexibility index (Phi) is 3.23. The third kappa shape index (κ3) is 2.40. The highest BCUT2D eigenvalue weighted by molar-refractivity contribution is 5.89. The van der Waals surface area contributed by atoms with Crippen LogP contribution in [0, 0.1) is 0 Å². The molecule has 0 saturated heterocycles. The van der Waals surface area contributed by atoms with Gasteiger partial charge in [0, 0.05) is 18.8 Å². The summed E-state index contributed by atoms with van der Waals surface area (Å²) >= 11 is 0. The molecule has 3 aromatic rings. The molecule has 0 radical (unpaired) electrons. The summed E-state index contributed by atoms with van der Waals surface area (Å²) in [7, 11) is 3.14. The summed E-state index contributed by atoms with van der Waals surface area (Å²) in [5.41, 5.74) is 1.95. The van der Waals surface area contributed by atoms with Gasteiger partial charge in [0.05, 0.1) is 12.7 Å². The number of aromatic nitrogens is 4. The molecule has 0 N–H and O–H groups in total.